The fraction of sp³-hybridized carbons (Fsp3) is 0.615. The Hall–Kier alpha value is -1.34. The van der Waals surface area contributed by atoms with Gasteiger partial charge in [-0.15, -0.1) is 0 Å². The zero-order valence-corrected chi connectivity index (χ0v) is 12.9. The zero-order valence-electron chi connectivity index (χ0n) is 12.1. The molecule has 1 rings (SSSR count). The fourth-order valence-corrected chi connectivity index (χ4v) is 2.71. The van der Waals surface area contributed by atoms with E-state index in [2.05, 4.69) is 5.32 Å². The van der Waals surface area contributed by atoms with E-state index in [-0.39, 0.29) is 24.8 Å². The predicted octanol–water partition coefficient (Wildman–Crippen LogP) is 1.20. The molecule has 0 radical (unpaired) electrons. The number of sulfonamides is 1. The average Bonchev–Trinajstić information content (AvgIpc) is 2.83. The Balaban J connectivity index is 2.40. The summed E-state index contributed by atoms with van der Waals surface area (Å²) in [6.07, 6.45) is 2.84. The molecule has 0 saturated carbocycles. The summed E-state index contributed by atoms with van der Waals surface area (Å²) in [5.74, 6) is 0.690. The first kappa shape index (κ1) is 16.7. The molecular weight excluding hydrogens is 280 g/mol. The molecule has 6 nitrogen and oxygen atoms in total. The van der Waals surface area contributed by atoms with Crippen LogP contribution in [0.5, 0.6) is 0 Å². The van der Waals surface area contributed by atoms with Crippen molar-refractivity contribution in [2.24, 2.45) is 5.92 Å². The van der Waals surface area contributed by atoms with Crippen LogP contribution in [-0.2, 0) is 21.4 Å². The standard InChI is InChI=1S/C13H22N2O4S/c1-11(2)10-15(20(3,17)18)7-6-13(16)14-9-12-5-4-8-19-12/h4-5,8,11H,6-7,9-10H2,1-3H3,(H,14,16). The van der Waals surface area contributed by atoms with E-state index < -0.39 is 10.0 Å². The van der Waals surface area contributed by atoms with Gasteiger partial charge in [0.05, 0.1) is 19.1 Å². The quantitative estimate of drug-likeness (QED) is 0.782. The Kier molecular flexibility index (Phi) is 6.22. The van der Waals surface area contributed by atoms with E-state index in [0.717, 1.165) is 6.26 Å². The molecule has 0 spiro atoms. The summed E-state index contributed by atoms with van der Waals surface area (Å²) in [5, 5.41) is 2.69. The molecule has 0 aliphatic heterocycles. The maximum Gasteiger partial charge on any atom is 0.221 e. The highest BCUT2D eigenvalue weighted by atomic mass is 32.2. The minimum Gasteiger partial charge on any atom is -0.467 e. The van der Waals surface area contributed by atoms with Crippen LogP contribution < -0.4 is 5.32 Å². The summed E-state index contributed by atoms with van der Waals surface area (Å²) in [6, 6.07) is 3.51. The Morgan fingerprint density at radius 2 is 2.15 bits per heavy atom. The van der Waals surface area contributed by atoms with Crippen molar-refractivity contribution >= 4 is 15.9 Å². The van der Waals surface area contributed by atoms with Gasteiger partial charge in [-0.1, -0.05) is 13.8 Å². The van der Waals surface area contributed by atoms with Crippen LogP contribution in [0.15, 0.2) is 22.8 Å². The van der Waals surface area contributed by atoms with Crippen molar-refractivity contribution in [3.8, 4) is 0 Å². The van der Waals surface area contributed by atoms with Crippen LogP contribution in [0, 0.1) is 5.92 Å². The van der Waals surface area contributed by atoms with Gasteiger partial charge in [-0.05, 0) is 18.1 Å². The highest BCUT2D eigenvalue weighted by molar-refractivity contribution is 7.88. The van der Waals surface area contributed by atoms with Gasteiger partial charge in [-0.3, -0.25) is 4.79 Å². The number of carbonyl (C=O) groups is 1. The molecule has 0 aliphatic rings. The Morgan fingerprint density at radius 1 is 1.45 bits per heavy atom. The summed E-state index contributed by atoms with van der Waals surface area (Å²) in [5.41, 5.74) is 0. The molecule has 1 amide bonds. The molecule has 114 valence electrons. The van der Waals surface area contributed by atoms with Crippen molar-refractivity contribution in [1.82, 2.24) is 9.62 Å². The van der Waals surface area contributed by atoms with Gasteiger partial charge in [0.25, 0.3) is 0 Å². The van der Waals surface area contributed by atoms with E-state index in [1.807, 2.05) is 13.8 Å². The molecule has 0 atom stereocenters. The second kappa shape index (κ2) is 7.44. The third kappa shape index (κ3) is 6.21. The molecule has 1 aromatic rings. The topological polar surface area (TPSA) is 79.6 Å². The van der Waals surface area contributed by atoms with E-state index in [0.29, 0.717) is 18.8 Å². The van der Waals surface area contributed by atoms with Gasteiger partial charge in [-0.25, -0.2) is 12.7 Å². The number of furan rings is 1. The van der Waals surface area contributed by atoms with Crippen LogP contribution in [-0.4, -0.2) is 38.0 Å². The molecule has 0 saturated heterocycles. The molecule has 1 N–H and O–H groups in total. The van der Waals surface area contributed by atoms with Crippen molar-refractivity contribution in [2.45, 2.75) is 26.8 Å². The number of carbonyl (C=O) groups excluding carboxylic acids is 1. The molecule has 1 aromatic heterocycles. The van der Waals surface area contributed by atoms with E-state index >= 15 is 0 Å². The van der Waals surface area contributed by atoms with E-state index in [9.17, 15) is 13.2 Å². The van der Waals surface area contributed by atoms with Crippen LogP contribution in [0.25, 0.3) is 0 Å². The lowest BCUT2D eigenvalue weighted by Gasteiger charge is -2.21. The zero-order chi connectivity index (χ0) is 15.2. The van der Waals surface area contributed by atoms with Crippen LogP contribution >= 0.6 is 0 Å². The van der Waals surface area contributed by atoms with E-state index in [1.54, 1.807) is 12.1 Å². The highest BCUT2D eigenvalue weighted by Crippen LogP contribution is 2.05. The van der Waals surface area contributed by atoms with Crippen LogP contribution in [0.4, 0.5) is 0 Å². The van der Waals surface area contributed by atoms with Gasteiger partial charge >= 0.3 is 0 Å². The molecule has 7 heteroatoms. The third-order valence-corrected chi connectivity index (χ3v) is 3.94. The minimum absolute atomic E-state index is 0.139. The smallest absolute Gasteiger partial charge is 0.221 e. The monoisotopic (exact) mass is 302 g/mol. The van der Waals surface area contributed by atoms with Gasteiger partial charge in [0.15, 0.2) is 0 Å². The molecular formula is C13H22N2O4S. The lowest BCUT2D eigenvalue weighted by atomic mass is 10.2. The maximum absolute atomic E-state index is 11.7. The number of rotatable bonds is 8. The number of nitrogens with zero attached hydrogens (tertiary/aromatic N) is 1. The Morgan fingerprint density at radius 3 is 2.65 bits per heavy atom. The molecule has 0 unspecified atom stereocenters. The molecule has 0 fully saturated rings. The highest BCUT2D eigenvalue weighted by Gasteiger charge is 2.18. The summed E-state index contributed by atoms with van der Waals surface area (Å²) < 4.78 is 29.6. The van der Waals surface area contributed by atoms with Crippen LogP contribution in [0.1, 0.15) is 26.0 Å². The largest absolute Gasteiger partial charge is 0.467 e. The van der Waals surface area contributed by atoms with Crippen molar-refractivity contribution in [2.75, 3.05) is 19.3 Å². The molecule has 0 aliphatic carbocycles. The van der Waals surface area contributed by atoms with Crippen LogP contribution in [0.3, 0.4) is 0 Å². The minimum atomic E-state index is -3.28. The summed E-state index contributed by atoms with van der Waals surface area (Å²) in [6.45, 7) is 4.81. The van der Waals surface area contributed by atoms with Gasteiger partial charge < -0.3 is 9.73 Å². The maximum atomic E-state index is 11.7. The second-order valence-corrected chi connectivity index (χ2v) is 7.10. The predicted molar refractivity (Wildman–Crippen MR) is 76.4 cm³/mol. The summed E-state index contributed by atoms with van der Waals surface area (Å²) in [7, 11) is -3.28. The van der Waals surface area contributed by atoms with Gasteiger partial charge in [0, 0.05) is 19.5 Å². The number of hydrogen-bond donors (Lipinski definition) is 1. The van der Waals surface area contributed by atoms with Gasteiger partial charge in [-0.2, -0.15) is 0 Å². The van der Waals surface area contributed by atoms with Crippen molar-refractivity contribution < 1.29 is 17.6 Å². The van der Waals surface area contributed by atoms with Crippen molar-refractivity contribution in [3.05, 3.63) is 24.2 Å². The van der Waals surface area contributed by atoms with Gasteiger partial charge in [0.1, 0.15) is 5.76 Å². The number of amides is 1. The SMILES string of the molecule is CC(C)CN(CCC(=O)NCc1ccco1)S(C)(=O)=O. The number of hydrogen-bond acceptors (Lipinski definition) is 4. The summed E-state index contributed by atoms with van der Waals surface area (Å²) >= 11 is 0. The van der Waals surface area contributed by atoms with Crippen molar-refractivity contribution in [3.63, 3.8) is 0 Å². The first-order chi connectivity index (χ1) is 9.29. The first-order valence-corrected chi connectivity index (χ1v) is 8.38. The fourth-order valence-electron chi connectivity index (χ4n) is 1.71. The summed E-state index contributed by atoms with van der Waals surface area (Å²) in [4.78, 5) is 11.7. The second-order valence-electron chi connectivity index (χ2n) is 5.12. The third-order valence-electron chi connectivity index (χ3n) is 2.67. The molecule has 1 heterocycles. The average molecular weight is 302 g/mol. The Labute approximate surface area is 120 Å². The lowest BCUT2D eigenvalue weighted by Crippen LogP contribution is -2.36. The van der Waals surface area contributed by atoms with E-state index in [1.165, 1.54) is 10.6 Å². The lowest BCUT2D eigenvalue weighted by molar-refractivity contribution is -0.121. The molecule has 20 heavy (non-hydrogen) atoms. The first-order valence-electron chi connectivity index (χ1n) is 6.53. The van der Waals surface area contributed by atoms with Crippen molar-refractivity contribution in [1.29, 1.82) is 0 Å². The molecule has 0 aromatic carbocycles. The van der Waals surface area contributed by atoms with Crippen LogP contribution in [0.2, 0.25) is 0 Å². The number of nitrogens with one attached hydrogen (secondary N) is 1. The normalized spacial score (nSPS) is 12.1. The van der Waals surface area contributed by atoms with E-state index in [4.69, 9.17) is 4.42 Å². The van der Waals surface area contributed by atoms with Gasteiger partial charge in [0.2, 0.25) is 15.9 Å². The Bertz CT molecular complexity index is 508. The molecule has 0 bridgehead atoms.